The van der Waals surface area contributed by atoms with Gasteiger partial charge in [-0.25, -0.2) is 9.97 Å². The van der Waals surface area contributed by atoms with Crippen molar-refractivity contribution in [3.8, 4) is 11.4 Å². The monoisotopic (exact) mass is 323 g/mol. The Morgan fingerprint density at radius 3 is 2.89 bits per heavy atom. The normalized spacial score (nSPS) is 13.7. The molecule has 0 radical (unpaired) electrons. The molecule has 0 saturated carbocycles. The zero-order valence-electron chi connectivity index (χ0n) is 9.80. The smallest absolute Gasteiger partial charge is 0.159 e. The molecule has 0 spiro atoms. The summed E-state index contributed by atoms with van der Waals surface area (Å²) in [5, 5.41) is 3.99. The first-order valence-electron chi connectivity index (χ1n) is 5.67. The number of benzene rings is 1. The first kappa shape index (κ1) is 12.1. The lowest BCUT2D eigenvalue weighted by molar-refractivity contribution is 0.757. The van der Waals surface area contributed by atoms with Crippen molar-refractivity contribution in [3.05, 3.63) is 44.6 Å². The minimum Gasteiger partial charge on any atom is -0.307 e. The molecule has 92 valence electrons. The van der Waals surface area contributed by atoms with Crippen LogP contribution in [0.4, 0.5) is 0 Å². The number of nitrogens with one attached hydrogen (secondary N) is 1. The van der Waals surface area contributed by atoms with Crippen molar-refractivity contribution in [3.63, 3.8) is 0 Å². The summed E-state index contributed by atoms with van der Waals surface area (Å²) in [5.74, 6) is 0.757. The Morgan fingerprint density at radius 1 is 1.28 bits per heavy atom. The maximum absolute atomic E-state index is 6.00. The van der Waals surface area contributed by atoms with E-state index in [1.54, 1.807) is 0 Å². The molecule has 0 fully saturated rings. The standard InChI is InChI=1S/C13H11BrClN3/c1-7-9-5-16-6-12(9)18-13(17-7)8-2-3-11(15)10(14)4-8/h2-4,16H,5-6H2,1H3. The van der Waals surface area contributed by atoms with Crippen LogP contribution in [-0.2, 0) is 13.1 Å². The predicted octanol–water partition coefficient (Wildman–Crippen LogP) is 3.47. The van der Waals surface area contributed by atoms with Gasteiger partial charge in [0.25, 0.3) is 0 Å². The number of halogens is 2. The SMILES string of the molecule is Cc1nc(-c2ccc(Cl)c(Br)c2)nc2c1CNC2. The second kappa shape index (κ2) is 4.61. The van der Waals surface area contributed by atoms with Gasteiger partial charge in [0.1, 0.15) is 0 Å². The minimum absolute atomic E-state index is 0.693. The zero-order valence-corrected chi connectivity index (χ0v) is 12.1. The van der Waals surface area contributed by atoms with E-state index in [9.17, 15) is 0 Å². The Morgan fingerprint density at radius 2 is 2.11 bits per heavy atom. The van der Waals surface area contributed by atoms with E-state index in [1.807, 2.05) is 25.1 Å². The summed E-state index contributed by atoms with van der Waals surface area (Å²) in [5.41, 5.74) is 4.35. The fourth-order valence-electron chi connectivity index (χ4n) is 2.10. The maximum Gasteiger partial charge on any atom is 0.159 e. The van der Waals surface area contributed by atoms with Crippen molar-refractivity contribution in [1.29, 1.82) is 0 Å². The fraction of sp³-hybridized carbons (Fsp3) is 0.231. The van der Waals surface area contributed by atoms with Crippen LogP contribution in [-0.4, -0.2) is 9.97 Å². The van der Waals surface area contributed by atoms with Crippen molar-refractivity contribution < 1.29 is 0 Å². The summed E-state index contributed by atoms with van der Waals surface area (Å²) in [7, 11) is 0. The topological polar surface area (TPSA) is 37.8 Å². The first-order valence-corrected chi connectivity index (χ1v) is 6.85. The molecule has 1 aromatic heterocycles. The molecule has 0 amide bonds. The molecule has 5 heteroatoms. The Kier molecular flexibility index (Phi) is 3.09. The highest BCUT2D eigenvalue weighted by Crippen LogP contribution is 2.28. The van der Waals surface area contributed by atoms with Crippen LogP contribution in [0.5, 0.6) is 0 Å². The average molecular weight is 325 g/mol. The molecule has 1 N–H and O–H groups in total. The molecule has 0 saturated heterocycles. The predicted molar refractivity (Wildman–Crippen MR) is 75.5 cm³/mol. The third-order valence-corrected chi connectivity index (χ3v) is 4.29. The van der Waals surface area contributed by atoms with Crippen LogP contribution in [0.1, 0.15) is 17.0 Å². The van der Waals surface area contributed by atoms with Crippen molar-refractivity contribution in [1.82, 2.24) is 15.3 Å². The largest absolute Gasteiger partial charge is 0.307 e. The molecule has 3 rings (SSSR count). The highest BCUT2D eigenvalue weighted by Gasteiger charge is 2.17. The lowest BCUT2D eigenvalue weighted by Gasteiger charge is -2.07. The van der Waals surface area contributed by atoms with Gasteiger partial charge in [-0.2, -0.15) is 0 Å². The van der Waals surface area contributed by atoms with Crippen molar-refractivity contribution in [2.24, 2.45) is 0 Å². The molecule has 1 aliphatic heterocycles. The quantitative estimate of drug-likeness (QED) is 0.873. The number of hydrogen-bond donors (Lipinski definition) is 1. The molecular formula is C13H11BrClN3. The van der Waals surface area contributed by atoms with Gasteiger partial charge in [-0.1, -0.05) is 11.6 Å². The van der Waals surface area contributed by atoms with E-state index in [1.165, 1.54) is 5.56 Å². The number of rotatable bonds is 1. The van der Waals surface area contributed by atoms with Crippen LogP contribution in [0.3, 0.4) is 0 Å². The van der Waals surface area contributed by atoms with Crippen LogP contribution < -0.4 is 5.32 Å². The number of nitrogens with zero attached hydrogens (tertiary/aromatic N) is 2. The molecule has 2 heterocycles. The van der Waals surface area contributed by atoms with Gasteiger partial charge in [0, 0.05) is 34.4 Å². The van der Waals surface area contributed by atoms with Crippen molar-refractivity contribution >= 4 is 27.5 Å². The summed E-state index contributed by atoms with van der Waals surface area (Å²) < 4.78 is 0.863. The lowest BCUT2D eigenvalue weighted by atomic mass is 10.1. The number of aryl methyl sites for hydroxylation is 1. The van der Waals surface area contributed by atoms with Gasteiger partial charge >= 0.3 is 0 Å². The summed E-state index contributed by atoms with van der Waals surface area (Å²) in [6, 6.07) is 5.74. The molecular weight excluding hydrogens is 314 g/mol. The third-order valence-electron chi connectivity index (χ3n) is 3.07. The first-order chi connectivity index (χ1) is 8.65. The molecule has 18 heavy (non-hydrogen) atoms. The number of hydrogen-bond acceptors (Lipinski definition) is 3. The van der Waals surface area contributed by atoms with E-state index in [0.717, 1.165) is 40.3 Å². The van der Waals surface area contributed by atoms with Gasteiger partial charge in [0.05, 0.1) is 10.7 Å². The Hall–Kier alpha value is -0.970. The van der Waals surface area contributed by atoms with Gasteiger partial charge in [-0.15, -0.1) is 0 Å². The molecule has 2 aromatic rings. The van der Waals surface area contributed by atoms with Gasteiger partial charge in [0.15, 0.2) is 5.82 Å². The van der Waals surface area contributed by atoms with Crippen LogP contribution in [0, 0.1) is 6.92 Å². The van der Waals surface area contributed by atoms with Gasteiger partial charge < -0.3 is 5.32 Å². The van der Waals surface area contributed by atoms with Gasteiger partial charge in [0.2, 0.25) is 0 Å². The molecule has 1 aromatic carbocycles. The Bertz CT molecular complexity index is 628. The Balaban J connectivity index is 2.12. The highest BCUT2D eigenvalue weighted by atomic mass is 79.9. The van der Waals surface area contributed by atoms with E-state index in [-0.39, 0.29) is 0 Å². The summed E-state index contributed by atoms with van der Waals surface area (Å²) in [6.45, 7) is 3.72. The van der Waals surface area contributed by atoms with E-state index in [4.69, 9.17) is 11.6 Å². The van der Waals surface area contributed by atoms with E-state index in [0.29, 0.717) is 5.02 Å². The molecule has 3 nitrogen and oxygen atoms in total. The molecule has 0 atom stereocenters. The third kappa shape index (κ3) is 2.05. The maximum atomic E-state index is 6.00. The summed E-state index contributed by atoms with van der Waals surface area (Å²) in [4.78, 5) is 9.19. The van der Waals surface area contributed by atoms with Crippen LogP contribution in [0.15, 0.2) is 22.7 Å². The van der Waals surface area contributed by atoms with Crippen LogP contribution in [0.2, 0.25) is 5.02 Å². The van der Waals surface area contributed by atoms with E-state index < -0.39 is 0 Å². The highest BCUT2D eigenvalue weighted by molar-refractivity contribution is 9.10. The molecule has 0 unspecified atom stereocenters. The summed E-state index contributed by atoms with van der Waals surface area (Å²) >= 11 is 9.42. The fourth-order valence-corrected chi connectivity index (χ4v) is 2.60. The summed E-state index contributed by atoms with van der Waals surface area (Å²) in [6.07, 6.45) is 0. The number of fused-ring (bicyclic) bond motifs is 1. The second-order valence-electron chi connectivity index (χ2n) is 4.29. The lowest BCUT2D eigenvalue weighted by Crippen LogP contribution is -2.00. The minimum atomic E-state index is 0.693. The second-order valence-corrected chi connectivity index (χ2v) is 5.55. The van der Waals surface area contributed by atoms with Gasteiger partial charge in [-0.3, -0.25) is 0 Å². The van der Waals surface area contributed by atoms with Crippen molar-refractivity contribution in [2.75, 3.05) is 0 Å². The van der Waals surface area contributed by atoms with E-state index >= 15 is 0 Å². The zero-order chi connectivity index (χ0) is 12.7. The van der Waals surface area contributed by atoms with Crippen molar-refractivity contribution in [2.45, 2.75) is 20.0 Å². The number of aromatic nitrogens is 2. The van der Waals surface area contributed by atoms with Gasteiger partial charge in [-0.05, 0) is 41.1 Å². The average Bonchev–Trinajstić information content (AvgIpc) is 2.81. The van der Waals surface area contributed by atoms with Crippen LogP contribution in [0.25, 0.3) is 11.4 Å². The molecule has 0 aliphatic carbocycles. The van der Waals surface area contributed by atoms with Crippen LogP contribution >= 0.6 is 27.5 Å². The Labute approximate surface area is 119 Å². The molecule has 1 aliphatic rings. The van der Waals surface area contributed by atoms with E-state index in [2.05, 4.69) is 31.2 Å². The molecule has 0 bridgehead atoms.